The number of nitrogens with one attached hydrogen (secondary N) is 1. The number of hydrogen-bond donors (Lipinski definition) is 2. The van der Waals surface area contributed by atoms with Crippen molar-refractivity contribution in [2.75, 3.05) is 24.1 Å². The largest absolute Gasteiger partial charge is 0.444 e. The number of benzene rings is 1. The Labute approximate surface area is 212 Å². The maximum atomic E-state index is 13.8. The summed E-state index contributed by atoms with van der Waals surface area (Å²) in [5.41, 5.74) is 5.42. The molecular weight excluding hydrogens is 484 g/mol. The molecule has 188 valence electrons. The Morgan fingerprint density at radius 1 is 1.36 bits per heavy atom. The van der Waals surface area contributed by atoms with Crippen molar-refractivity contribution in [2.24, 2.45) is 0 Å². The van der Waals surface area contributed by atoms with Gasteiger partial charge in [-0.3, -0.25) is 9.36 Å². The molecule has 2 atom stereocenters. The maximum Gasteiger partial charge on any atom is 0.410 e. The first-order valence-electron chi connectivity index (χ1n) is 11.5. The molecule has 11 nitrogen and oxygen atoms in total. The van der Waals surface area contributed by atoms with Crippen LogP contribution in [0.3, 0.4) is 0 Å². The van der Waals surface area contributed by atoms with Gasteiger partial charge in [0.05, 0.1) is 28.0 Å². The summed E-state index contributed by atoms with van der Waals surface area (Å²) in [6.07, 6.45) is 1.34. The van der Waals surface area contributed by atoms with E-state index in [1.807, 2.05) is 6.07 Å². The molecule has 1 saturated heterocycles. The molecule has 1 aliphatic rings. The first-order valence-corrected chi connectivity index (χ1v) is 11.8. The van der Waals surface area contributed by atoms with Crippen molar-refractivity contribution >= 4 is 40.2 Å². The monoisotopic (exact) mass is 510 g/mol. The molecule has 1 unspecified atom stereocenters. The van der Waals surface area contributed by atoms with Gasteiger partial charge in [-0.05, 0) is 46.2 Å². The minimum absolute atomic E-state index is 0.0432. The average molecular weight is 511 g/mol. The Bertz CT molecular complexity index is 1430. The molecule has 0 spiro atoms. The molecular formula is C24H27ClN8O3. The number of anilines is 2. The van der Waals surface area contributed by atoms with Crippen LogP contribution in [0, 0.1) is 11.3 Å². The fourth-order valence-corrected chi connectivity index (χ4v) is 4.46. The fraction of sp³-hybridized carbons (Fsp3) is 0.417. The van der Waals surface area contributed by atoms with Gasteiger partial charge in [-0.2, -0.15) is 5.26 Å². The van der Waals surface area contributed by atoms with E-state index >= 15 is 0 Å². The van der Waals surface area contributed by atoms with Crippen LogP contribution in [-0.2, 0) is 4.74 Å². The van der Waals surface area contributed by atoms with Gasteiger partial charge >= 0.3 is 6.09 Å². The molecule has 0 aliphatic carbocycles. The van der Waals surface area contributed by atoms with E-state index in [-0.39, 0.29) is 35.3 Å². The van der Waals surface area contributed by atoms with Crippen LogP contribution in [0.5, 0.6) is 0 Å². The lowest BCUT2D eigenvalue weighted by Crippen LogP contribution is -2.37. The van der Waals surface area contributed by atoms with Crippen molar-refractivity contribution in [1.29, 1.82) is 5.26 Å². The number of carbonyl (C=O) groups is 1. The van der Waals surface area contributed by atoms with Crippen molar-refractivity contribution in [2.45, 2.75) is 51.8 Å². The zero-order chi connectivity index (χ0) is 26.2. The zero-order valence-corrected chi connectivity index (χ0v) is 21.2. The summed E-state index contributed by atoms with van der Waals surface area (Å²) in [6.45, 7) is 7.91. The number of amides is 1. The van der Waals surface area contributed by atoms with Crippen molar-refractivity contribution < 1.29 is 9.53 Å². The van der Waals surface area contributed by atoms with Crippen molar-refractivity contribution in [3.63, 3.8) is 0 Å². The molecule has 1 aromatic carbocycles. The molecule has 3 heterocycles. The van der Waals surface area contributed by atoms with Gasteiger partial charge in [0.25, 0.3) is 5.56 Å². The number of nitriles is 1. The Balaban J connectivity index is 1.77. The Hall–Kier alpha value is -3.91. The van der Waals surface area contributed by atoms with Crippen LogP contribution in [0.2, 0.25) is 5.02 Å². The number of aromatic nitrogens is 4. The second kappa shape index (κ2) is 9.62. The molecule has 2 aromatic heterocycles. The van der Waals surface area contributed by atoms with E-state index in [9.17, 15) is 14.9 Å². The third-order valence-corrected chi connectivity index (χ3v) is 6.13. The quantitative estimate of drug-likeness (QED) is 0.535. The average Bonchev–Trinajstić information content (AvgIpc) is 3.28. The molecule has 36 heavy (non-hydrogen) atoms. The molecule has 1 fully saturated rings. The van der Waals surface area contributed by atoms with Crippen LogP contribution in [0.1, 0.15) is 57.6 Å². The van der Waals surface area contributed by atoms with E-state index in [4.69, 9.17) is 27.1 Å². The predicted molar refractivity (Wildman–Crippen MR) is 136 cm³/mol. The fourth-order valence-electron chi connectivity index (χ4n) is 4.21. The third-order valence-electron chi connectivity index (χ3n) is 5.82. The number of fused-ring (bicyclic) bond motifs is 1. The lowest BCUT2D eigenvalue weighted by Gasteiger charge is -2.26. The van der Waals surface area contributed by atoms with E-state index in [0.717, 1.165) is 0 Å². The minimum Gasteiger partial charge on any atom is -0.444 e. The summed E-state index contributed by atoms with van der Waals surface area (Å²) in [5.74, 6) is 0.680. The maximum absolute atomic E-state index is 13.8. The number of hydrogen-bond acceptors (Lipinski definition) is 9. The van der Waals surface area contributed by atoms with E-state index in [1.54, 1.807) is 55.4 Å². The first kappa shape index (κ1) is 25.2. The molecule has 4 rings (SSSR count). The SMILES string of the molecule is C[C@H](Nc1ncnc(N)c1C#N)c1nc2cccc(Cl)c2c(=O)n1C1CCN(C(=O)OC(C)(C)C)C1. The highest BCUT2D eigenvalue weighted by Gasteiger charge is 2.34. The molecule has 1 aliphatic heterocycles. The number of likely N-dealkylation sites (tertiary alicyclic amines) is 1. The zero-order valence-electron chi connectivity index (χ0n) is 20.4. The number of rotatable bonds is 4. The summed E-state index contributed by atoms with van der Waals surface area (Å²) in [6, 6.07) is 6.17. The number of carbonyl (C=O) groups excluding carboxylic acids is 1. The lowest BCUT2D eigenvalue weighted by molar-refractivity contribution is 0.0288. The normalized spacial score (nSPS) is 16.6. The van der Waals surface area contributed by atoms with Gasteiger partial charge in [0.2, 0.25) is 0 Å². The molecule has 0 bridgehead atoms. The van der Waals surface area contributed by atoms with Crippen LogP contribution in [0.4, 0.5) is 16.4 Å². The van der Waals surface area contributed by atoms with E-state index < -0.39 is 17.7 Å². The first-order chi connectivity index (χ1) is 17.0. The predicted octanol–water partition coefficient (Wildman–Crippen LogP) is 3.65. The van der Waals surface area contributed by atoms with Gasteiger partial charge in [-0.15, -0.1) is 0 Å². The highest BCUT2D eigenvalue weighted by molar-refractivity contribution is 6.35. The molecule has 1 amide bonds. The van der Waals surface area contributed by atoms with Crippen LogP contribution in [0.25, 0.3) is 10.9 Å². The Kier molecular flexibility index (Phi) is 6.73. The van der Waals surface area contributed by atoms with E-state index in [0.29, 0.717) is 34.7 Å². The summed E-state index contributed by atoms with van der Waals surface area (Å²) in [5, 5.41) is 13.2. The van der Waals surface area contributed by atoms with Gasteiger partial charge in [0.1, 0.15) is 41.0 Å². The standard InChI is InChI=1S/C24H27ClN8O3/c1-13(30-20-15(10-26)19(27)28-12-29-20)21-31-17-7-5-6-16(25)18(17)22(34)33(21)14-8-9-32(11-14)23(35)36-24(2,3)4/h5-7,12-14H,8-9,11H2,1-4H3,(H3,27,28,29,30)/t13-,14?/m0/s1. The van der Waals surface area contributed by atoms with Gasteiger partial charge in [-0.25, -0.2) is 19.7 Å². The van der Waals surface area contributed by atoms with Gasteiger partial charge < -0.3 is 20.7 Å². The Morgan fingerprint density at radius 3 is 2.81 bits per heavy atom. The second-order valence-corrected chi connectivity index (χ2v) is 10.0. The highest BCUT2D eigenvalue weighted by atomic mass is 35.5. The number of nitrogens with two attached hydrogens (primary N) is 1. The van der Waals surface area contributed by atoms with Crippen LogP contribution >= 0.6 is 11.6 Å². The van der Waals surface area contributed by atoms with Gasteiger partial charge in [0.15, 0.2) is 0 Å². The van der Waals surface area contributed by atoms with Gasteiger partial charge in [-0.1, -0.05) is 17.7 Å². The number of ether oxygens (including phenoxy) is 1. The lowest BCUT2D eigenvalue weighted by atomic mass is 10.1. The molecule has 0 saturated carbocycles. The Morgan fingerprint density at radius 2 is 2.11 bits per heavy atom. The van der Waals surface area contributed by atoms with Crippen molar-refractivity contribution in [1.82, 2.24) is 24.4 Å². The molecule has 3 aromatic rings. The van der Waals surface area contributed by atoms with Crippen LogP contribution in [0.15, 0.2) is 29.3 Å². The van der Waals surface area contributed by atoms with Crippen LogP contribution in [-0.4, -0.2) is 49.2 Å². The summed E-state index contributed by atoms with van der Waals surface area (Å²) < 4.78 is 7.09. The minimum atomic E-state index is -0.633. The number of nitrogen functional groups attached to an aromatic ring is 1. The molecule has 3 N–H and O–H groups in total. The highest BCUT2D eigenvalue weighted by Crippen LogP contribution is 2.29. The van der Waals surface area contributed by atoms with Crippen LogP contribution < -0.4 is 16.6 Å². The van der Waals surface area contributed by atoms with E-state index in [1.165, 1.54) is 6.33 Å². The summed E-state index contributed by atoms with van der Waals surface area (Å²) in [7, 11) is 0. The summed E-state index contributed by atoms with van der Waals surface area (Å²) in [4.78, 5) is 40.8. The van der Waals surface area contributed by atoms with E-state index in [2.05, 4.69) is 15.3 Å². The topological polar surface area (TPSA) is 152 Å². The molecule has 12 heteroatoms. The summed E-state index contributed by atoms with van der Waals surface area (Å²) >= 11 is 6.39. The second-order valence-electron chi connectivity index (χ2n) is 9.61. The molecule has 0 radical (unpaired) electrons. The number of halogens is 1. The van der Waals surface area contributed by atoms with Crippen molar-refractivity contribution in [3.05, 3.63) is 51.3 Å². The van der Waals surface area contributed by atoms with Crippen molar-refractivity contribution in [3.8, 4) is 6.07 Å². The number of nitrogens with zero attached hydrogens (tertiary/aromatic N) is 6. The smallest absolute Gasteiger partial charge is 0.410 e. The third kappa shape index (κ3) is 4.90. The van der Waals surface area contributed by atoms with Gasteiger partial charge in [0, 0.05) is 13.1 Å².